The fourth-order valence-corrected chi connectivity index (χ4v) is 3.88. The molecular formula is C22H25Cl2N3O4. The highest BCUT2D eigenvalue weighted by atomic mass is 35.5. The maximum Gasteiger partial charge on any atom is 0.407 e. The molecule has 0 radical (unpaired) electrons. The van der Waals surface area contributed by atoms with Gasteiger partial charge < -0.3 is 24.8 Å². The van der Waals surface area contributed by atoms with Crippen LogP contribution in [0.5, 0.6) is 5.88 Å². The number of benzene rings is 1. The second kappa shape index (κ2) is 8.94. The summed E-state index contributed by atoms with van der Waals surface area (Å²) < 4.78 is 6.81. The zero-order valence-electron chi connectivity index (χ0n) is 17.8. The van der Waals surface area contributed by atoms with Gasteiger partial charge in [0.05, 0.1) is 17.5 Å². The molecule has 1 amide bonds. The average Bonchev–Trinajstić information content (AvgIpc) is 2.95. The fourth-order valence-electron chi connectivity index (χ4n) is 3.38. The molecule has 2 heterocycles. The number of nitrogens with zero attached hydrogens (tertiary/aromatic N) is 2. The lowest BCUT2D eigenvalue weighted by Gasteiger charge is -2.19. The van der Waals surface area contributed by atoms with Gasteiger partial charge in [-0.05, 0) is 39.8 Å². The molecule has 3 N–H and O–H groups in total. The number of aliphatic hydroxyl groups is 1. The van der Waals surface area contributed by atoms with Crippen molar-refractivity contribution in [3.63, 3.8) is 0 Å². The highest BCUT2D eigenvalue weighted by molar-refractivity contribution is 6.36. The van der Waals surface area contributed by atoms with Gasteiger partial charge in [0.25, 0.3) is 0 Å². The number of pyridine rings is 1. The van der Waals surface area contributed by atoms with Crippen molar-refractivity contribution >= 4 is 40.2 Å². The number of aliphatic hydroxyl groups excluding tert-OH is 1. The number of aryl methyl sites for hydroxylation is 1. The fraction of sp³-hybridized carbons (Fsp3) is 0.364. The van der Waals surface area contributed by atoms with Gasteiger partial charge in [0.1, 0.15) is 5.60 Å². The molecule has 166 valence electrons. The number of fused-ring (bicyclic) bond motifs is 1. The molecule has 7 nitrogen and oxygen atoms in total. The number of amides is 1. The van der Waals surface area contributed by atoms with Gasteiger partial charge >= 0.3 is 6.09 Å². The summed E-state index contributed by atoms with van der Waals surface area (Å²) in [7, 11) is 0. The first-order valence-electron chi connectivity index (χ1n) is 9.76. The third-order valence-corrected chi connectivity index (χ3v) is 5.23. The Hall–Kier alpha value is -2.48. The van der Waals surface area contributed by atoms with Crippen molar-refractivity contribution in [2.75, 3.05) is 6.54 Å². The third-order valence-electron chi connectivity index (χ3n) is 4.69. The van der Waals surface area contributed by atoms with Gasteiger partial charge in [-0.15, -0.1) is 0 Å². The number of alkyl carbamates (subject to hydrolysis) is 1. The van der Waals surface area contributed by atoms with Crippen LogP contribution < -0.4 is 5.32 Å². The largest absolute Gasteiger partial charge is 0.494 e. The maximum absolute atomic E-state index is 11.9. The normalized spacial score (nSPS) is 11.7. The van der Waals surface area contributed by atoms with Crippen molar-refractivity contribution in [1.29, 1.82) is 0 Å². The van der Waals surface area contributed by atoms with Gasteiger partial charge in [0.15, 0.2) is 0 Å². The lowest BCUT2D eigenvalue weighted by Crippen LogP contribution is -2.34. The molecule has 3 rings (SSSR count). The number of aromatic hydroxyl groups is 1. The van der Waals surface area contributed by atoms with Crippen molar-refractivity contribution in [2.45, 2.75) is 46.4 Å². The quantitative estimate of drug-likeness (QED) is 0.490. The number of carbonyl (C=O) groups is 1. The van der Waals surface area contributed by atoms with E-state index in [2.05, 4.69) is 10.3 Å². The predicted molar refractivity (Wildman–Crippen MR) is 122 cm³/mol. The van der Waals surface area contributed by atoms with E-state index in [1.165, 1.54) is 0 Å². The molecule has 0 saturated carbocycles. The molecule has 0 saturated heterocycles. The van der Waals surface area contributed by atoms with Crippen molar-refractivity contribution in [3.05, 3.63) is 45.7 Å². The lowest BCUT2D eigenvalue weighted by atomic mass is 9.96. The first-order chi connectivity index (χ1) is 14.5. The topological polar surface area (TPSA) is 96.6 Å². The summed E-state index contributed by atoms with van der Waals surface area (Å²) >= 11 is 12.5. The summed E-state index contributed by atoms with van der Waals surface area (Å²) in [6.45, 7) is 7.41. The van der Waals surface area contributed by atoms with Crippen molar-refractivity contribution in [2.24, 2.45) is 0 Å². The number of aromatic nitrogens is 2. The summed E-state index contributed by atoms with van der Waals surface area (Å²) in [5.41, 5.74) is 2.37. The summed E-state index contributed by atoms with van der Waals surface area (Å²) in [6, 6.07) is 5.06. The molecule has 31 heavy (non-hydrogen) atoms. The Morgan fingerprint density at radius 1 is 1.29 bits per heavy atom. The van der Waals surface area contributed by atoms with Crippen LogP contribution in [-0.4, -0.2) is 38.0 Å². The molecule has 9 heteroatoms. The van der Waals surface area contributed by atoms with Gasteiger partial charge in [-0.3, -0.25) is 4.98 Å². The number of hydrogen-bond donors (Lipinski definition) is 3. The number of hydrogen-bond acceptors (Lipinski definition) is 5. The molecule has 0 fully saturated rings. The molecule has 0 aliphatic carbocycles. The van der Waals surface area contributed by atoms with Crippen LogP contribution in [0.3, 0.4) is 0 Å². The Bertz CT molecular complexity index is 1140. The number of rotatable bonds is 5. The molecule has 0 unspecified atom stereocenters. The van der Waals surface area contributed by atoms with Crippen LogP contribution in [0.15, 0.2) is 24.4 Å². The standard InChI is InChI=1S/C22H25Cl2N3O4/c1-12-15(11-28)18(14-6-5-13(23)9-16(14)24)19-17(26-12)10-27(20(19)29)8-7-25-21(30)31-22(2,3)4/h5-6,9-10,28-29H,7-8,11H2,1-4H3,(H,25,30). The highest BCUT2D eigenvalue weighted by Gasteiger charge is 2.22. The number of nitrogens with one attached hydrogen (secondary N) is 1. The third kappa shape index (κ3) is 5.06. The summed E-state index contributed by atoms with van der Waals surface area (Å²) in [5, 5.41) is 25.0. The summed E-state index contributed by atoms with van der Waals surface area (Å²) in [5.74, 6) is -0.0378. The molecule has 0 spiro atoms. The van der Waals surface area contributed by atoms with Crippen LogP contribution in [0.4, 0.5) is 4.79 Å². The van der Waals surface area contributed by atoms with Crippen LogP contribution in [0, 0.1) is 6.92 Å². The van der Waals surface area contributed by atoms with Crippen LogP contribution in [0.2, 0.25) is 10.0 Å². The molecule has 2 aromatic heterocycles. The van der Waals surface area contributed by atoms with Crippen LogP contribution in [0.25, 0.3) is 22.0 Å². The minimum atomic E-state index is -0.594. The van der Waals surface area contributed by atoms with E-state index in [-0.39, 0.29) is 19.0 Å². The Morgan fingerprint density at radius 3 is 2.61 bits per heavy atom. The molecule has 3 aromatic rings. The van der Waals surface area contributed by atoms with Crippen LogP contribution >= 0.6 is 23.2 Å². The monoisotopic (exact) mass is 465 g/mol. The Balaban J connectivity index is 2.01. The summed E-state index contributed by atoms with van der Waals surface area (Å²) in [6.07, 6.45) is 1.16. The van der Waals surface area contributed by atoms with Gasteiger partial charge in [-0.1, -0.05) is 29.3 Å². The molecule has 1 aromatic carbocycles. The molecule has 0 bridgehead atoms. The Morgan fingerprint density at radius 2 is 2.00 bits per heavy atom. The van der Waals surface area contributed by atoms with E-state index in [0.717, 1.165) is 0 Å². The second-order valence-corrected chi connectivity index (χ2v) is 9.01. The molecular weight excluding hydrogens is 441 g/mol. The smallest absolute Gasteiger partial charge is 0.407 e. The zero-order chi connectivity index (χ0) is 22.9. The molecule has 0 aliphatic rings. The van der Waals surface area contributed by atoms with E-state index in [4.69, 9.17) is 27.9 Å². The number of ether oxygens (including phenoxy) is 1. The van der Waals surface area contributed by atoms with Crippen molar-refractivity contribution in [3.8, 4) is 17.0 Å². The van der Waals surface area contributed by atoms with E-state index in [1.54, 1.807) is 56.7 Å². The lowest BCUT2D eigenvalue weighted by molar-refractivity contribution is 0.0525. The SMILES string of the molecule is Cc1nc2cn(CCNC(=O)OC(C)(C)C)c(O)c2c(-c2ccc(Cl)cc2Cl)c1CO. The van der Waals surface area contributed by atoms with Gasteiger partial charge in [-0.2, -0.15) is 0 Å². The van der Waals surface area contributed by atoms with Gasteiger partial charge in [-0.25, -0.2) is 4.79 Å². The number of halogens is 2. The van der Waals surface area contributed by atoms with Crippen LogP contribution in [0.1, 0.15) is 32.0 Å². The van der Waals surface area contributed by atoms with Gasteiger partial charge in [0, 0.05) is 51.7 Å². The van der Waals surface area contributed by atoms with E-state index < -0.39 is 11.7 Å². The molecule has 0 atom stereocenters. The zero-order valence-corrected chi connectivity index (χ0v) is 19.3. The van der Waals surface area contributed by atoms with E-state index in [1.807, 2.05) is 0 Å². The van der Waals surface area contributed by atoms with Crippen molar-refractivity contribution < 1.29 is 19.7 Å². The highest BCUT2D eigenvalue weighted by Crippen LogP contribution is 2.42. The Labute approximate surface area is 190 Å². The Kier molecular flexibility index (Phi) is 6.69. The van der Waals surface area contributed by atoms with Gasteiger partial charge in [0.2, 0.25) is 5.88 Å². The molecule has 0 aliphatic heterocycles. The minimum absolute atomic E-state index is 0.0378. The average molecular weight is 466 g/mol. The van der Waals surface area contributed by atoms with E-state index in [9.17, 15) is 15.0 Å². The first-order valence-corrected chi connectivity index (χ1v) is 10.5. The van der Waals surface area contributed by atoms with Crippen LogP contribution in [-0.2, 0) is 17.9 Å². The van der Waals surface area contributed by atoms with E-state index >= 15 is 0 Å². The van der Waals surface area contributed by atoms with Crippen molar-refractivity contribution in [1.82, 2.24) is 14.9 Å². The second-order valence-electron chi connectivity index (χ2n) is 8.17. The summed E-state index contributed by atoms with van der Waals surface area (Å²) in [4.78, 5) is 16.4. The first kappa shape index (κ1) is 23.2. The number of carbonyl (C=O) groups excluding carboxylic acids is 1. The predicted octanol–water partition coefficient (Wildman–Crippen LogP) is 5.04. The van der Waals surface area contributed by atoms with E-state index in [0.29, 0.717) is 49.9 Å². The maximum atomic E-state index is 11.9. The minimum Gasteiger partial charge on any atom is -0.494 e.